The van der Waals surface area contributed by atoms with Crippen LogP contribution in [0, 0.1) is 17.0 Å². The summed E-state index contributed by atoms with van der Waals surface area (Å²) in [7, 11) is 0. The molecule has 1 aromatic heterocycles. The van der Waals surface area contributed by atoms with Gasteiger partial charge in [0, 0.05) is 36.6 Å². The SMILES string of the molecule is CC(C)(C)CN=C(NC(=O)c1ccc(F)c(F)c1)NC1CCC(Nc2ncccn2)CC1. The van der Waals surface area contributed by atoms with Crippen molar-refractivity contribution < 1.29 is 13.6 Å². The molecule has 1 saturated carbocycles. The first kappa shape index (κ1) is 23.6. The molecule has 7 nitrogen and oxygen atoms in total. The third-order valence-corrected chi connectivity index (χ3v) is 5.09. The molecule has 0 spiro atoms. The standard InChI is InChI=1S/C23H30F2N6O/c1-23(2,3)14-28-22(31-20(32)15-5-10-18(24)19(25)13-15)30-17-8-6-16(7-9-17)29-21-26-11-4-12-27-21/h4-5,10-13,16-17H,6-9,14H2,1-3H3,(H,26,27,29)(H2,28,30,31,32). The number of carbonyl (C=O) groups excluding carboxylic acids is 1. The average Bonchev–Trinajstić information content (AvgIpc) is 2.75. The Bertz CT molecular complexity index is 937. The predicted molar refractivity (Wildman–Crippen MR) is 120 cm³/mol. The van der Waals surface area contributed by atoms with Gasteiger partial charge in [-0.25, -0.2) is 18.7 Å². The van der Waals surface area contributed by atoms with Crippen LogP contribution in [0.5, 0.6) is 0 Å². The lowest BCUT2D eigenvalue weighted by Crippen LogP contribution is -2.48. The summed E-state index contributed by atoms with van der Waals surface area (Å²) < 4.78 is 26.7. The first-order chi connectivity index (χ1) is 15.2. The first-order valence-electron chi connectivity index (χ1n) is 10.8. The smallest absolute Gasteiger partial charge is 0.258 e. The fourth-order valence-electron chi connectivity index (χ4n) is 3.39. The second-order valence-corrected chi connectivity index (χ2v) is 9.22. The van der Waals surface area contributed by atoms with Crippen molar-refractivity contribution in [1.29, 1.82) is 0 Å². The minimum atomic E-state index is -1.06. The van der Waals surface area contributed by atoms with E-state index in [4.69, 9.17) is 0 Å². The number of nitrogens with zero attached hydrogens (tertiary/aromatic N) is 3. The van der Waals surface area contributed by atoms with Crippen LogP contribution in [0.4, 0.5) is 14.7 Å². The third kappa shape index (κ3) is 7.25. The zero-order chi connectivity index (χ0) is 23.1. The number of benzene rings is 1. The van der Waals surface area contributed by atoms with E-state index in [1.54, 1.807) is 18.5 Å². The van der Waals surface area contributed by atoms with Crippen molar-refractivity contribution in [2.24, 2.45) is 10.4 Å². The molecule has 3 rings (SSSR count). The zero-order valence-corrected chi connectivity index (χ0v) is 18.7. The minimum absolute atomic E-state index is 0.0323. The molecule has 1 aliphatic carbocycles. The highest BCUT2D eigenvalue weighted by Crippen LogP contribution is 2.21. The summed E-state index contributed by atoms with van der Waals surface area (Å²) in [6.07, 6.45) is 6.99. The van der Waals surface area contributed by atoms with Gasteiger partial charge < -0.3 is 10.6 Å². The van der Waals surface area contributed by atoms with Gasteiger partial charge in [0.2, 0.25) is 5.95 Å². The van der Waals surface area contributed by atoms with Crippen LogP contribution in [0.25, 0.3) is 0 Å². The van der Waals surface area contributed by atoms with E-state index in [2.05, 4.69) is 30.9 Å². The van der Waals surface area contributed by atoms with E-state index in [1.165, 1.54) is 6.07 Å². The Balaban J connectivity index is 1.60. The largest absolute Gasteiger partial charge is 0.353 e. The number of halogens is 2. The maximum absolute atomic E-state index is 13.5. The van der Waals surface area contributed by atoms with Crippen LogP contribution in [-0.2, 0) is 0 Å². The van der Waals surface area contributed by atoms with Crippen molar-refractivity contribution in [2.75, 3.05) is 11.9 Å². The van der Waals surface area contributed by atoms with Crippen molar-refractivity contribution >= 4 is 17.8 Å². The summed E-state index contributed by atoms with van der Waals surface area (Å²) in [5.74, 6) is -1.63. The maximum Gasteiger partial charge on any atom is 0.258 e. The Morgan fingerprint density at radius 1 is 1.06 bits per heavy atom. The topological polar surface area (TPSA) is 91.3 Å². The van der Waals surface area contributed by atoms with Gasteiger partial charge in [0.05, 0.1) is 0 Å². The number of amides is 1. The van der Waals surface area contributed by atoms with Crippen LogP contribution in [0.15, 0.2) is 41.7 Å². The Hall–Kier alpha value is -3.10. The van der Waals surface area contributed by atoms with Crippen LogP contribution >= 0.6 is 0 Å². The Kier molecular flexibility index (Phi) is 7.71. The Morgan fingerprint density at radius 3 is 2.34 bits per heavy atom. The Labute approximate surface area is 187 Å². The van der Waals surface area contributed by atoms with Crippen molar-refractivity contribution in [3.8, 4) is 0 Å². The van der Waals surface area contributed by atoms with Gasteiger partial charge in [-0.1, -0.05) is 20.8 Å². The molecule has 1 amide bonds. The van der Waals surface area contributed by atoms with Crippen LogP contribution in [0.1, 0.15) is 56.8 Å². The highest BCUT2D eigenvalue weighted by Gasteiger charge is 2.23. The monoisotopic (exact) mass is 444 g/mol. The van der Waals surface area contributed by atoms with E-state index in [9.17, 15) is 13.6 Å². The second kappa shape index (κ2) is 10.5. The summed E-state index contributed by atoms with van der Waals surface area (Å²) in [5, 5.41) is 9.40. The van der Waals surface area contributed by atoms with Crippen molar-refractivity contribution in [3.05, 3.63) is 53.9 Å². The van der Waals surface area contributed by atoms with Gasteiger partial charge in [-0.05, 0) is 55.4 Å². The number of aliphatic imine (C=N–C) groups is 1. The molecule has 1 aromatic carbocycles. The zero-order valence-electron chi connectivity index (χ0n) is 18.7. The molecule has 0 saturated heterocycles. The van der Waals surface area contributed by atoms with Gasteiger partial charge in [0.25, 0.3) is 5.91 Å². The predicted octanol–water partition coefficient (Wildman–Crippen LogP) is 3.90. The fourth-order valence-corrected chi connectivity index (χ4v) is 3.39. The molecule has 0 unspecified atom stereocenters. The minimum Gasteiger partial charge on any atom is -0.353 e. The molecule has 32 heavy (non-hydrogen) atoms. The van der Waals surface area contributed by atoms with Gasteiger partial charge in [-0.15, -0.1) is 0 Å². The molecule has 1 aliphatic rings. The Morgan fingerprint density at radius 2 is 1.72 bits per heavy atom. The molecular weight excluding hydrogens is 414 g/mol. The quantitative estimate of drug-likeness (QED) is 0.481. The van der Waals surface area contributed by atoms with Gasteiger partial charge in [0.15, 0.2) is 17.6 Å². The molecule has 0 atom stereocenters. The summed E-state index contributed by atoms with van der Waals surface area (Å²) in [4.78, 5) is 25.6. The second-order valence-electron chi connectivity index (χ2n) is 9.22. The van der Waals surface area contributed by atoms with E-state index in [0.29, 0.717) is 18.5 Å². The van der Waals surface area contributed by atoms with E-state index in [1.807, 2.05) is 20.8 Å². The fraction of sp³-hybridized carbons (Fsp3) is 0.478. The number of rotatable bonds is 5. The molecule has 0 aliphatic heterocycles. The summed E-state index contributed by atoms with van der Waals surface area (Å²) in [5.41, 5.74) is -0.0402. The van der Waals surface area contributed by atoms with Crippen LogP contribution in [0.2, 0.25) is 0 Å². The van der Waals surface area contributed by atoms with Gasteiger partial charge >= 0.3 is 0 Å². The maximum atomic E-state index is 13.5. The molecule has 3 N–H and O–H groups in total. The highest BCUT2D eigenvalue weighted by atomic mass is 19.2. The van der Waals surface area contributed by atoms with Crippen molar-refractivity contribution in [2.45, 2.75) is 58.5 Å². The highest BCUT2D eigenvalue weighted by molar-refractivity contribution is 6.05. The van der Waals surface area contributed by atoms with Gasteiger partial charge in [-0.2, -0.15) is 0 Å². The van der Waals surface area contributed by atoms with Gasteiger partial charge in [-0.3, -0.25) is 15.1 Å². The summed E-state index contributed by atoms with van der Waals surface area (Å²) in [6, 6.07) is 5.26. The van der Waals surface area contributed by atoms with Crippen LogP contribution < -0.4 is 16.0 Å². The van der Waals surface area contributed by atoms with E-state index < -0.39 is 17.5 Å². The van der Waals surface area contributed by atoms with E-state index >= 15 is 0 Å². The lowest BCUT2D eigenvalue weighted by atomic mass is 9.91. The van der Waals surface area contributed by atoms with E-state index in [0.717, 1.165) is 37.8 Å². The van der Waals surface area contributed by atoms with Crippen LogP contribution in [-0.4, -0.2) is 40.5 Å². The van der Waals surface area contributed by atoms with E-state index in [-0.39, 0.29) is 23.1 Å². The summed E-state index contributed by atoms with van der Waals surface area (Å²) >= 11 is 0. The van der Waals surface area contributed by atoms with Crippen molar-refractivity contribution in [3.63, 3.8) is 0 Å². The lowest BCUT2D eigenvalue weighted by molar-refractivity contribution is 0.0974. The number of guanidine groups is 1. The average molecular weight is 445 g/mol. The molecule has 9 heteroatoms. The third-order valence-electron chi connectivity index (χ3n) is 5.09. The molecule has 2 aromatic rings. The normalized spacial score (nSPS) is 19.3. The number of nitrogens with one attached hydrogen (secondary N) is 3. The first-order valence-corrected chi connectivity index (χ1v) is 10.8. The molecule has 0 bridgehead atoms. The van der Waals surface area contributed by atoms with Gasteiger partial charge in [0.1, 0.15) is 0 Å². The van der Waals surface area contributed by atoms with Crippen molar-refractivity contribution in [1.82, 2.24) is 20.6 Å². The molecule has 172 valence electrons. The number of aromatic nitrogens is 2. The number of anilines is 1. The molecule has 1 fully saturated rings. The molecule has 0 radical (unpaired) electrons. The number of hydrogen-bond acceptors (Lipinski definition) is 5. The molecule has 1 heterocycles. The molecular formula is C23H30F2N6O. The number of carbonyl (C=O) groups is 1. The van der Waals surface area contributed by atoms with Crippen LogP contribution in [0.3, 0.4) is 0 Å². The lowest BCUT2D eigenvalue weighted by Gasteiger charge is -2.30. The summed E-state index contributed by atoms with van der Waals surface area (Å²) in [6.45, 7) is 6.64. The number of hydrogen-bond donors (Lipinski definition) is 3.